The van der Waals surface area contributed by atoms with Crippen LogP contribution >= 0.6 is 23.5 Å². The molecule has 1 aromatic carbocycles. The topological polar surface area (TPSA) is 208 Å². The minimum Gasteiger partial charge on any atom is -0.467 e. The zero-order valence-electron chi connectivity index (χ0n) is 54.0. The number of hydrogen-bond donors (Lipinski definition) is 2. The summed E-state index contributed by atoms with van der Waals surface area (Å²) in [6.07, 6.45) is 2.22. The molecule has 0 heterocycles. The summed E-state index contributed by atoms with van der Waals surface area (Å²) >= 11 is 3.34. The Morgan fingerprint density at radius 2 is 0.963 bits per heavy atom. The predicted octanol–water partition coefficient (Wildman–Crippen LogP) is 13.5. The number of thioether (sulfide) groups is 2. The van der Waals surface area contributed by atoms with E-state index in [0.29, 0.717) is 62.4 Å². The Kier molecular flexibility index (Phi) is 27.3. The Balaban J connectivity index is 0.000000420. The molecule has 16 nitrogen and oxygen atoms in total. The average Bonchev–Trinajstić information content (AvgIpc) is 3.95. The summed E-state index contributed by atoms with van der Waals surface area (Å²) in [6.45, 7) is 45.1. The van der Waals surface area contributed by atoms with Crippen LogP contribution in [0.25, 0.3) is 0 Å². The lowest BCUT2D eigenvalue weighted by molar-refractivity contribution is -0.148. The van der Waals surface area contributed by atoms with Crippen molar-refractivity contribution in [3.05, 3.63) is 35.9 Å². The van der Waals surface area contributed by atoms with E-state index in [9.17, 15) is 33.6 Å². The van der Waals surface area contributed by atoms with Crippen LogP contribution in [0, 0.1) is 5.92 Å². The molecule has 3 saturated carbocycles. The first-order chi connectivity index (χ1) is 36.6. The van der Waals surface area contributed by atoms with Crippen LogP contribution in [-0.4, -0.2) is 138 Å². The summed E-state index contributed by atoms with van der Waals surface area (Å²) in [5, 5.41) is 5.77. The highest BCUT2D eigenvalue weighted by atomic mass is 32.2. The highest BCUT2D eigenvalue weighted by molar-refractivity contribution is 8.00. The van der Waals surface area contributed by atoms with E-state index in [-0.39, 0.29) is 61.9 Å². The largest absolute Gasteiger partial charge is 0.467 e. The fourth-order valence-corrected chi connectivity index (χ4v) is 15.2. The van der Waals surface area contributed by atoms with Gasteiger partial charge in [0.25, 0.3) is 0 Å². The van der Waals surface area contributed by atoms with Gasteiger partial charge in [-0.25, -0.2) is 19.2 Å². The van der Waals surface area contributed by atoms with Crippen molar-refractivity contribution in [3.63, 3.8) is 0 Å². The molecule has 2 N–H and O–H groups in total. The van der Waals surface area contributed by atoms with Crippen molar-refractivity contribution in [3.8, 4) is 0 Å². The van der Waals surface area contributed by atoms with E-state index in [1.165, 1.54) is 31.5 Å². The van der Waals surface area contributed by atoms with E-state index in [2.05, 4.69) is 136 Å². The zero-order valence-corrected chi connectivity index (χ0v) is 58.7. The van der Waals surface area contributed by atoms with Gasteiger partial charge in [-0.15, -0.1) is 0 Å². The zero-order chi connectivity index (χ0) is 62.5. The van der Waals surface area contributed by atoms with E-state index in [4.69, 9.17) is 32.2 Å². The number of methoxy groups -OCH3 is 2. The predicted molar refractivity (Wildman–Crippen MR) is 334 cm³/mol. The molecule has 0 saturated heterocycles. The average molecular weight is 1230 g/mol. The number of carbonyl (C=O) groups excluding carboxylic acids is 7. The van der Waals surface area contributed by atoms with E-state index in [1.807, 2.05) is 17.8 Å². The molecule has 8 atom stereocenters. The Morgan fingerprint density at radius 1 is 0.556 bits per heavy atom. The molecule has 2 amide bonds. The fraction of sp³-hybridized carbons (Fsp3) is 0.783. The van der Waals surface area contributed by atoms with Crippen LogP contribution in [0.2, 0.25) is 54.4 Å². The third kappa shape index (κ3) is 24.8. The molecule has 0 aliphatic heterocycles. The van der Waals surface area contributed by atoms with Gasteiger partial charge in [-0.05, 0) is 127 Å². The van der Waals surface area contributed by atoms with Crippen molar-refractivity contribution in [2.45, 2.75) is 274 Å². The number of alkyl carbamates (subject to hydrolysis) is 2. The fourth-order valence-electron chi connectivity index (χ4n) is 8.35. The summed E-state index contributed by atoms with van der Waals surface area (Å²) in [5.74, 6) is 0.862. The lowest BCUT2D eigenvalue weighted by Crippen LogP contribution is -2.54. The van der Waals surface area contributed by atoms with Crippen molar-refractivity contribution in [1.29, 1.82) is 0 Å². The van der Waals surface area contributed by atoms with Crippen LogP contribution in [0.15, 0.2) is 30.3 Å². The molecule has 0 bridgehead atoms. The van der Waals surface area contributed by atoms with E-state index in [1.54, 1.807) is 48.5 Å². The Bertz CT molecular complexity index is 2270. The van der Waals surface area contributed by atoms with Crippen LogP contribution in [0.5, 0.6) is 0 Å². The smallest absolute Gasteiger partial charge is 0.408 e. The summed E-state index contributed by atoms with van der Waals surface area (Å²) in [7, 11) is -3.30. The second kappa shape index (κ2) is 29.8. The van der Waals surface area contributed by atoms with Crippen LogP contribution < -0.4 is 10.6 Å². The second-order valence-corrected chi connectivity index (χ2v) is 45.5. The van der Waals surface area contributed by atoms with Crippen molar-refractivity contribution in [2.75, 3.05) is 20.0 Å². The molecule has 0 aromatic heterocycles. The molecule has 0 spiro atoms. The molecule has 81 heavy (non-hydrogen) atoms. The Labute approximate surface area is 499 Å². The Morgan fingerprint density at radius 3 is 1.38 bits per heavy atom. The number of ketones is 3. The number of rotatable bonds is 19. The first-order valence-electron chi connectivity index (χ1n) is 28.7. The molecule has 3 unspecified atom stereocenters. The van der Waals surface area contributed by atoms with Crippen molar-refractivity contribution >= 4 is 90.0 Å². The molecule has 3 aliphatic carbocycles. The van der Waals surface area contributed by atoms with Gasteiger partial charge in [-0.3, -0.25) is 14.4 Å². The van der Waals surface area contributed by atoms with Crippen LogP contribution in [-0.2, 0) is 62.0 Å². The maximum absolute atomic E-state index is 12.5. The van der Waals surface area contributed by atoms with Gasteiger partial charge < -0.3 is 42.9 Å². The van der Waals surface area contributed by atoms with E-state index >= 15 is 0 Å². The summed E-state index contributed by atoms with van der Waals surface area (Å²) in [6, 6.07) is 9.61. The summed E-state index contributed by atoms with van der Waals surface area (Å²) in [4.78, 5) is 85.2. The monoisotopic (exact) mass is 1230 g/mol. The van der Waals surface area contributed by atoms with Crippen LogP contribution in [0.4, 0.5) is 9.59 Å². The van der Waals surface area contributed by atoms with Gasteiger partial charge in [0.05, 0.1) is 32.5 Å². The number of carbonyl (C=O) groups is 7. The third-order valence-corrected chi connectivity index (χ3v) is 32.5. The van der Waals surface area contributed by atoms with Crippen molar-refractivity contribution in [1.82, 2.24) is 10.6 Å². The maximum atomic E-state index is 12.5. The van der Waals surface area contributed by atoms with Crippen LogP contribution in [0.3, 0.4) is 0 Å². The number of ether oxygens (including phenoxy) is 4. The SMILES string of the molecule is CC(C)(C)[Si](C)(C)O[C@@H]1CC(=O)C[C@H]1SCc1ccccc1.COC(=O)C(C)(CC[C@@H]1CC(=O)CC1O[Si](C)(C)C(C)(C)C)NC(=O)OC(C)(C)C.COC(=O)[C@H](CSC1CC(=O)C[C@@H]1O[Si](C)(C)C(C)(C)C)NC(=O)OC(C)(C)C. The van der Waals surface area contributed by atoms with Gasteiger partial charge in [0, 0.05) is 60.5 Å². The number of Topliss-reactive ketones (excluding diaryl/α,β-unsaturated/α-hetero) is 3. The summed E-state index contributed by atoms with van der Waals surface area (Å²) in [5.41, 5.74) is -1.28. The van der Waals surface area contributed by atoms with Gasteiger partial charge in [-0.2, -0.15) is 23.5 Å². The number of hydrogen-bond acceptors (Lipinski definition) is 16. The molecule has 464 valence electrons. The van der Waals surface area contributed by atoms with Crippen molar-refractivity contribution < 1.29 is 65.8 Å². The van der Waals surface area contributed by atoms with Gasteiger partial charge >= 0.3 is 24.1 Å². The Hall–Kier alpha value is -3.06. The molecule has 3 aliphatic rings. The number of esters is 2. The quantitative estimate of drug-likeness (QED) is 0.0750. The van der Waals surface area contributed by atoms with Gasteiger partial charge in [0.15, 0.2) is 25.0 Å². The molecule has 4 rings (SSSR count). The number of benzene rings is 1. The number of amides is 2. The second-order valence-electron chi connectivity index (χ2n) is 28.8. The lowest BCUT2D eigenvalue weighted by atomic mass is 9.89. The minimum atomic E-state index is -2.03. The molecular weight excluding hydrogens is 1120 g/mol. The van der Waals surface area contributed by atoms with Gasteiger partial charge in [-0.1, -0.05) is 92.6 Å². The number of nitrogens with one attached hydrogen (secondary N) is 2. The maximum Gasteiger partial charge on any atom is 0.408 e. The molecule has 0 radical (unpaired) electrons. The van der Waals surface area contributed by atoms with E-state index < -0.39 is 71.9 Å². The molecule has 21 heteroatoms. The third-order valence-electron chi connectivity index (χ3n) is 16.1. The van der Waals surface area contributed by atoms with Crippen molar-refractivity contribution in [2.24, 2.45) is 5.92 Å². The normalized spacial score (nSPS) is 22.3. The first kappa shape index (κ1) is 74.0. The lowest BCUT2D eigenvalue weighted by Gasteiger charge is -2.40. The van der Waals surface area contributed by atoms with Gasteiger partial charge in [0.2, 0.25) is 0 Å². The van der Waals surface area contributed by atoms with Crippen LogP contribution in [0.1, 0.15) is 168 Å². The molecule has 1 aromatic rings. The molecular formula is C60H106N2O14S2Si3. The minimum absolute atomic E-state index is 0.0102. The highest BCUT2D eigenvalue weighted by Gasteiger charge is 2.48. The molecule has 3 fully saturated rings. The standard InChI is InChI=1S/C22H41NO6Si.C20H37NO6SSi.C18H28O2SSi/c1-20(2,3)28-19(26)23-22(7,18(25)27-8)12-11-15-13-16(24)14-17(15)29-30(9,10)21(4,5)6;1-19(2,3)26-18(24)21-14(17(23)25-7)12-28-16-11-13(22)10-15(16)27-29(8,9)20(4,5)6;1-18(2,3)22(4,5)20-16-11-15(19)12-17(16)21-13-14-9-7-6-8-10-14/h15,17H,11-14H2,1-10H3,(H,23,26);14-16H,10-12H2,1-9H3,(H,21,24);6-10,16-17H,11-13H2,1-5H3/t15-,17?,22?;14-,15-,16?;16-,17-/m101/s1. The van der Waals surface area contributed by atoms with Gasteiger partial charge in [0.1, 0.15) is 40.1 Å². The highest BCUT2D eigenvalue weighted by Crippen LogP contribution is 2.44. The van der Waals surface area contributed by atoms with E-state index in [0.717, 1.165) is 5.75 Å². The summed E-state index contributed by atoms with van der Waals surface area (Å²) < 4.78 is 39.8. The first-order valence-corrected chi connectivity index (χ1v) is 39.5.